The van der Waals surface area contributed by atoms with E-state index in [0.29, 0.717) is 12.0 Å². The molecule has 0 heterocycles. The van der Waals surface area contributed by atoms with Crippen molar-refractivity contribution >= 4 is 5.97 Å². The predicted octanol–water partition coefficient (Wildman–Crippen LogP) is 1.57. The highest BCUT2D eigenvalue weighted by atomic mass is 19.1. The Bertz CT molecular complexity index is 382. The van der Waals surface area contributed by atoms with Crippen LogP contribution < -0.4 is 5.32 Å². The van der Waals surface area contributed by atoms with Gasteiger partial charge in [0.1, 0.15) is 11.6 Å². The fourth-order valence-electron chi connectivity index (χ4n) is 1.35. The molecule has 0 saturated carbocycles. The SMILES string of the molecule is CC(Cc1ccc(F)cc1F)NCC(=O)O. The Morgan fingerprint density at radius 2 is 2.19 bits per heavy atom. The number of rotatable bonds is 5. The van der Waals surface area contributed by atoms with E-state index in [1.807, 2.05) is 0 Å². The Kier molecular flexibility index (Phi) is 4.37. The van der Waals surface area contributed by atoms with E-state index in [2.05, 4.69) is 5.32 Å². The highest BCUT2D eigenvalue weighted by Crippen LogP contribution is 2.11. The largest absolute Gasteiger partial charge is 0.480 e. The second kappa shape index (κ2) is 5.55. The van der Waals surface area contributed by atoms with Crippen LogP contribution in [-0.4, -0.2) is 23.7 Å². The zero-order chi connectivity index (χ0) is 12.1. The first-order valence-electron chi connectivity index (χ1n) is 4.88. The van der Waals surface area contributed by atoms with E-state index < -0.39 is 17.6 Å². The first-order valence-corrected chi connectivity index (χ1v) is 4.88. The molecule has 0 aliphatic rings. The van der Waals surface area contributed by atoms with Gasteiger partial charge in [0.15, 0.2) is 0 Å². The lowest BCUT2D eigenvalue weighted by molar-refractivity contribution is -0.136. The van der Waals surface area contributed by atoms with Gasteiger partial charge in [-0.2, -0.15) is 0 Å². The second-order valence-corrected chi connectivity index (χ2v) is 3.62. The summed E-state index contributed by atoms with van der Waals surface area (Å²) in [5.74, 6) is -2.19. The molecule has 88 valence electrons. The normalized spacial score (nSPS) is 12.4. The topological polar surface area (TPSA) is 49.3 Å². The molecule has 0 bridgehead atoms. The average molecular weight is 229 g/mol. The third-order valence-corrected chi connectivity index (χ3v) is 2.14. The van der Waals surface area contributed by atoms with E-state index in [0.717, 1.165) is 6.07 Å². The van der Waals surface area contributed by atoms with E-state index in [1.165, 1.54) is 12.1 Å². The van der Waals surface area contributed by atoms with Crippen LogP contribution in [0.25, 0.3) is 0 Å². The summed E-state index contributed by atoms with van der Waals surface area (Å²) in [6.07, 6.45) is 0.319. The summed E-state index contributed by atoms with van der Waals surface area (Å²) in [4.78, 5) is 10.3. The van der Waals surface area contributed by atoms with Gasteiger partial charge in [0.05, 0.1) is 6.54 Å². The van der Waals surface area contributed by atoms with Gasteiger partial charge in [-0.15, -0.1) is 0 Å². The van der Waals surface area contributed by atoms with Crippen LogP contribution in [-0.2, 0) is 11.2 Å². The molecule has 0 fully saturated rings. The van der Waals surface area contributed by atoms with Crippen molar-refractivity contribution in [1.29, 1.82) is 0 Å². The molecule has 0 radical (unpaired) electrons. The number of benzene rings is 1. The smallest absolute Gasteiger partial charge is 0.317 e. The number of aliphatic carboxylic acids is 1. The monoisotopic (exact) mass is 229 g/mol. The Morgan fingerprint density at radius 3 is 2.75 bits per heavy atom. The van der Waals surface area contributed by atoms with Crippen LogP contribution in [0.5, 0.6) is 0 Å². The van der Waals surface area contributed by atoms with Crippen molar-refractivity contribution in [3.63, 3.8) is 0 Å². The molecule has 1 rings (SSSR count). The number of carboxylic acid groups (broad SMARTS) is 1. The van der Waals surface area contributed by atoms with Gasteiger partial charge in [0.25, 0.3) is 0 Å². The summed E-state index contributed by atoms with van der Waals surface area (Å²) in [5, 5.41) is 11.1. The van der Waals surface area contributed by atoms with Gasteiger partial charge in [0, 0.05) is 12.1 Å². The fraction of sp³-hybridized carbons (Fsp3) is 0.364. The molecule has 5 heteroatoms. The molecule has 0 amide bonds. The number of hydrogen-bond acceptors (Lipinski definition) is 2. The third kappa shape index (κ3) is 3.94. The molecule has 0 saturated heterocycles. The lowest BCUT2D eigenvalue weighted by Gasteiger charge is -2.12. The molecular formula is C11H13F2NO2. The highest BCUT2D eigenvalue weighted by molar-refractivity contribution is 5.69. The van der Waals surface area contributed by atoms with Crippen molar-refractivity contribution in [2.75, 3.05) is 6.54 Å². The van der Waals surface area contributed by atoms with Crippen LogP contribution in [0.2, 0.25) is 0 Å². The van der Waals surface area contributed by atoms with Gasteiger partial charge < -0.3 is 10.4 Å². The lowest BCUT2D eigenvalue weighted by atomic mass is 10.1. The maximum atomic E-state index is 13.2. The predicted molar refractivity (Wildman–Crippen MR) is 55.2 cm³/mol. The number of carbonyl (C=O) groups is 1. The van der Waals surface area contributed by atoms with Crippen LogP contribution in [0.1, 0.15) is 12.5 Å². The Balaban J connectivity index is 2.55. The number of hydrogen-bond donors (Lipinski definition) is 2. The van der Waals surface area contributed by atoms with E-state index >= 15 is 0 Å². The number of carboxylic acids is 1. The van der Waals surface area contributed by atoms with Gasteiger partial charge in [-0.1, -0.05) is 6.07 Å². The summed E-state index contributed by atoms with van der Waals surface area (Å²) in [5.41, 5.74) is 0.367. The number of nitrogens with one attached hydrogen (secondary N) is 1. The quantitative estimate of drug-likeness (QED) is 0.805. The molecule has 0 aliphatic heterocycles. The molecule has 1 unspecified atom stereocenters. The van der Waals surface area contributed by atoms with E-state index in [4.69, 9.17) is 5.11 Å². The second-order valence-electron chi connectivity index (χ2n) is 3.62. The standard InChI is InChI=1S/C11H13F2NO2/c1-7(14-6-11(15)16)4-8-2-3-9(12)5-10(8)13/h2-3,5,7,14H,4,6H2,1H3,(H,15,16). The molecule has 1 aromatic carbocycles. The minimum Gasteiger partial charge on any atom is -0.480 e. The third-order valence-electron chi connectivity index (χ3n) is 2.14. The summed E-state index contributed by atoms with van der Waals surface area (Å²) in [6, 6.07) is 3.18. The Hall–Kier alpha value is -1.49. The van der Waals surface area contributed by atoms with Gasteiger partial charge >= 0.3 is 5.97 Å². The molecule has 2 N–H and O–H groups in total. The molecule has 1 atom stereocenters. The van der Waals surface area contributed by atoms with Crippen LogP contribution in [0.3, 0.4) is 0 Å². The van der Waals surface area contributed by atoms with Gasteiger partial charge in [-0.05, 0) is 25.0 Å². The van der Waals surface area contributed by atoms with Crippen molar-refractivity contribution < 1.29 is 18.7 Å². The maximum Gasteiger partial charge on any atom is 0.317 e. The van der Waals surface area contributed by atoms with Crippen molar-refractivity contribution in [3.8, 4) is 0 Å². The molecule has 0 aliphatic carbocycles. The van der Waals surface area contributed by atoms with Crippen molar-refractivity contribution in [1.82, 2.24) is 5.32 Å². The minimum absolute atomic E-state index is 0.177. The van der Waals surface area contributed by atoms with Gasteiger partial charge in [0.2, 0.25) is 0 Å². The fourth-order valence-corrected chi connectivity index (χ4v) is 1.35. The van der Waals surface area contributed by atoms with E-state index in [9.17, 15) is 13.6 Å². The molecule has 1 aromatic rings. The van der Waals surface area contributed by atoms with E-state index in [-0.39, 0.29) is 12.6 Å². The van der Waals surface area contributed by atoms with Crippen molar-refractivity contribution in [3.05, 3.63) is 35.4 Å². The van der Waals surface area contributed by atoms with Gasteiger partial charge in [-0.3, -0.25) is 4.79 Å². The van der Waals surface area contributed by atoms with Crippen LogP contribution >= 0.6 is 0 Å². The van der Waals surface area contributed by atoms with Crippen LogP contribution in [0.15, 0.2) is 18.2 Å². The van der Waals surface area contributed by atoms with Crippen molar-refractivity contribution in [2.45, 2.75) is 19.4 Å². The average Bonchev–Trinajstić information content (AvgIpc) is 2.19. The van der Waals surface area contributed by atoms with Crippen molar-refractivity contribution in [2.24, 2.45) is 0 Å². The lowest BCUT2D eigenvalue weighted by Crippen LogP contribution is -2.33. The first-order chi connectivity index (χ1) is 7.49. The Morgan fingerprint density at radius 1 is 1.50 bits per heavy atom. The molecule has 16 heavy (non-hydrogen) atoms. The van der Waals surface area contributed by atoms with Crippen LogP contribution in [0, 0.1) is 11.6 Å². The highest BCUT2D eigenvalue weighted by Gasteiger charge is 2.09. The summed E-state index contributed by atoms with van der Waals surface area (Å²) in [6.45, 7) is 1.57. The zero-order valence-electron chi connectivity index (χ0n) is 8.84. The zero-order valence-corrected chi connectivity index (χ0v) is 8.84. The molecule has 0 spiro atoms. The van der Waals surface area contributed by atoms with Gasteiger partial charge in [-0.25, -0.2) is 8.78 Å². The Labute approximate surface area is 92.1 Å². The summed E-state index contributed by atoms with van der Waals surface area (Å²) < 4.78 is 25.8. The van der Waals surface area contributed by atoms with E-state index in [1.54, 1.807) is 6.92 Å². The summed E-state index contributed by atoms with van der Waals surface area (Å²) >= 11 is 0. The molecule has 3 nitrogen and oxygen atoms in total. The summed E-state index contributed by atoms with van der Waals surface area (Å²) in [7, 11) is 0. The minimum atomic E-state index is -0.966. The number of halogens is 2. The van der Waals surface area contributed by atoms with Crippen LogP contribution in [0.4, 0.5) is 8.78 Å². The first kappa shape index (κ1) is 12.6. The maximum absolute atomic E-state index is 13.2. The molecule has 0 aromatic heterocycles. The molecular weight excluding hydrogens is 216 g/mol.